The van der Waals surface area contributed by atoms with Gasteiger partial charge in [0.15, 0.2) is 5.49 Å². The van der Waals surface area contributed by atoms with E-state index >= 15 is 0 Å². The molecule has 1 amide bonds. The van der Waals surface area contributed by atoms with Gasteiger partial charge in [-0.25, -0.2) is 4.98 Å². The molecule has 0 atom stereocenters. The molecule has 0 spiro atoms. The summed E-state index contributed by atoms with van der Waals surface area (Å²) in [6, 6.07) is 14.2. The van der Waals surface area contributed by atoms with Crippen LogP contribution in [0.5, 0.6) is 0 Å². The van der Waals surface area contributed by atoms with Crippen molar-refractivity contribution >= 4 is 22.6 Å². The summed E-state index contributed by atoms with van der Waals surface area (Å²) in [5.74, 6) is -0.464. The summed E-state index contributed by atoms with van der Waals surface area (Å²) in [5, 5.41) is 10.2. The molecule has 0 aliphatic carbocycles. The number of hydrogen-bond acceptors (Lipinski definition) is 5. The van der Waals surface area contributed by atoms with Gasteiger partial charge in [-0.15, -0.1) is 0 Å². The lowest BCUT2D eigenvalue weighted by molar-refractivity contribution is 0.0748. The van der Waals surface area contributed by atoms with Crippen LogP contribution in [-0.2, 0) is 11.3 Å². The van der Waals surface area contributed by atoms with Gasteiger partial charge in [-0.05, 0) is 75.6 Å². The first-order valence-electron chi connectivity index (χ1n) is 11.5. The number of pyridine rings is 2. The van der Waals surface area contributed by atoms with Crippen LogP contribution in [0, 0.1) is 25.2 Å². The maximum atomic E-state index is 13.2. The minimum Gasteiger partial charge on any atom is -0.379 e. The molecule has 0 unspecified atom stereocenters. The van der Waals surface area contributed by atoms with E-state index in [1.807, 2.05) is 33.8 Å². The van der Waals surface area contributed by atoms with Crippen molar-refractivity contribution in [1.82, 2.24) is 14.0 Å². The largest absolute Gasteiger partial charge is 0.379 e. The van der Waals surface area contributed by atoms with Crippen molar-refractivity contribution in [2.24, 2.45) is 4.99 Å². The van der Waals surface area contributed by atoms with Crippen molar-refractivity contribution in [2.75, 3.05) is 6.61 Å². The Kier molecular flexibility index (Phi) is 6.90. The molecule has 0 saturated heterocycles. The number of nitriles is 1. The molecule has 0 bridgehead atoms. The smallest absolute Gasteiger partial charge is 0.279 e. The van der Waals surface area contributed by atoms with Crippen molar-refractivity contribution in [3.8, 4) is 6.07 Å². The van der Waals surface area contributed by atoms with Gasteiger partial charge in [0.2, 0.25) is 0 Å². The van der Waals surface area contributed by atoms with Crippen molar-refractivity contribution in [3.05, 3.63) is 86.8 Å². The van der Waals surface area contributed by atoms with E-state index in [2.05, 4.69) is 11.1 Å². The van der Waals surface area contributed by atoms with Gasteiger partial charge in [0.25, 0.3) is 11.5 Å². The Balaban J connectivity index is 1.97. The number of nitrogens with zero attached hydrogens (tertiary/aromatic N) is 5. The predicted octanol–water partition coefficient (Wildman–Crippen LogP) is 3.69. The number of carbonyl (C=O) groups excluding carboxylic acids is 1. The Labute approximate surface area is 202 Å². The summed E-state index contributed by atoms with van der Waals surface area (Å²) in [7, 11) is 0. The average molecular weight is 470 g/mol. The van der Waals surface area contributed by atoms with E-state index in [-0.39, 0.29) is 28.1 Å². The van der Waals surface area contributed by atoms with Crippen LogP contribution in [0.2, 0.25) is 0 Å². The molecule has 35 heavy (non-hydrogen) atoms. The fourth-order valence-corrected chi connectivity index (χ4v) is 3.87. The number of aryl methyl sites for hydroxylation is 3. The quantitative estimate of drug-likeness (QED) is 0.317. The Morgan fingerprint density at radius 1 is 1.17 bits per heavy atom. The maximum absolute atomic E-state index is 13.2. The van der Waals surface area contributed by atoms with Crippen molar-refractivity contribution in [3.63, 3.8) is 0 Å². The maximum Gasteiger partial charge on any atom is 0.279 e. The molecule has 1 aromatic carbocycles. The molecule has 4 aromatic rings. The van der Waals surface area contributed by atoms with Gasteiger partial charge in [0, 0.05) is 24.9 Å². The third-order valence-electron chi connectivity index (χ3n) is 5.85. The van der Waals surface area contributed by atoms with Gasteiger partial charge in [-0.3, -0.25) is 14.0 Å². The van der Waals surface area contributed by atoms with Gasteiger partial charge in [0.1, 0.15) is 17.4 Å². The molecule has 0 saturated carbocycles. The molecular formula is C27H27N5O3. The number of aromatic nitrogens is 3. The first-order valence-corrected chi connectivity index (χ1v) is 11.5. The highest BCUT2D eigenvalue weighted by Gasteiger charge is 2.16. The molecule has 8 nitrogen and oxygen atoms in total. The number of amides is 1. The van der Waals surface area contributed by atoms with Crippen LogP contribution in [0.1, 0.15) is 47.3 Å². The molecule has 0 aliphatic rings. The Morgan fingerprint density at radius 3 is 2.69 bits per heavy atom. The molecule has 0 fully saturated rings. The standard InChI is InChI=1S/C27H27N5O3/c1-17(2)35-13-7-12-32-24(30-26(33)20-10-9-18(3)19(4)14-20)21(16-28)15-22-25(32)29-23-8-5-6-11-31(23)27(22)34/h5-6,8-11,14-15,17H,7,12-13H2,1-4H3. The Hall–Kier alpha value is -4.09. The van der Waals surface area contributed by atoms with Crippen LogP contribution in [0.15, 0.2) is 58.4 Å². The van der Waals surface area contributed by atoms with Crippen LogP contribution in [0.3, 0.4) is 0 Å². The second kappa shape index (κ2) is 10.0. The summed E-state index contributed by atoms with van der Waals surface area (Å²) >= 11 is 0. The topological polar surface area (TPSA) is 102 Å². The van der Waals surface area contributed by atoms with Crippen LogP contribution in [0.25, 0.3) is 16.7 Å². The van der Waals surface area contributed by atoms with Crippen LogP contribution in [-0.4, -0.2) is 32.6 Å². The molecule has 0 N–H and O–H groups in total. The molecule has 8 heteroatoms. The fraction of sp³-hybridized carbons (Fsp3) is 0.296. The predicted molar refractivity (Wildman–Crippen MR) is 133 cm³/mol. The van der Waals surface area contributed by atoms with Gasteiger partial charge in [-0.1, -0.05) is 12.1 Å². The summed E-state index contributed by atoms with van der Waals surface area (Å²) < 4.78 is 8.80. The normalized spacial score (nSPS) is 11.9. The van der Waals surface area contributed by atoms with Gasteiger partial charge >= 0.3 is 0 Å². The number of rotatable bonds is 6. The first-order chi connectivity index (χ1) is 16.8. The third-order valence-corrected chi connectivity index (χ3v) is 5.85. The fourth-order valence-electron chi connectivity index (χ4n) is 3.87. The molecule has 4 rings (SSSR count). The highest BCUT2D eigenvalue weighted by atomic mass is 16.5. The zero-order valence-corrected chi connectivity index (χ0v) is 20.3. The number of benzene rings is 1. The highest BCUT2D eigenvalue weighted by Crippen LogP contribution is 2.13. The summed E-state index contributed by atoms with van der Waals surface area (Å²) in [5.41, 5.74) is 3.34. The van der Waals surface area contributed by atoms with Gasteiger partial charge in [-0.2, -0.15) is 10.3 Å². The van der Waals surface area contributed by atoms with E-state index < -0.39 is 5.91 Å². The highest BCUT2D eigenvalue weighted by molar-refractivity contribution is 5.95. The van der Waals surface area contributed by atoms with Crippen molar-refractivity contribution in [2.45, 2.75) is 46.8 Å². The zero-order chi connectivity index (χ0) is 25.1. The third kappa shape index (κ3) is 4.91. The van der Waals surface area contributed by atoms with Gasteiger partial charge < -0.3 is 9.30 Å². The molecular weight excluding hydrogens is 442 g/mol. The Bertz CT molecular complexity index is 1610. The minimum absolute atomic E-state index is 0.0735. The first kappa shape index (κ1) is 24.0. The van der Waals surface area contributed by atoms with E-state index in [9.17, 15) is 14.9 Å². The van der Waals surface area contributed by atoms with E-state index in [1.54, 1.807) is 41.1 Å². The number of ether oxygens (including phenoxy) is 1. The summed E-state index contributed by atoms with van der Waals surface area (Å²) in [6.45, 7) is 8.65. The molecule has 178 valence electrons. The number of carbonyl (C=O) groups is 1. The van der Waals surface area contributed by atoms with E-state index in [0.717, 1.165) is 11.1 Å². The zero-order valence-electron chi connectivity index (χ0n) is 20.3. The van der Waals surface area contributed by atoms with Crippen LogP contribution < -0.4 is 11.0 Å². The van der Waals surface area contributed by atoms with E-state index in [4.69, 9.17) is 9.72 Å². The summed E-state index contributed by atoms with van der Waals surface area (Å²) in [6.07, 6.45) is 2.30. The second-order valence-electron chi connectivity index (χ2n) is 8.72. The van der Waals surface area contributed by atoms with E-state index in [0.29, 0.717) is 36.4 Å². The average Bonchev–Trinajstić information content (AvgIpc) is 2.84. The molecule has 3 aromatic heterocycles. The Morgan fingerprint density at radius 2 is 1.97 bits per heavy atom. The summed E-state index contributed by atoms with van der Waals surface area (Å²) in [4.78, 5) is 35.4. The monoisotopic (exact) mass is 469 g/mol. The number of hydrogen-bond donors (Lipinski definition) is 0. The molecule has 3 heterocycles. The molecule has 0 aliphatic heterocycles. The van der Waals surface area contributed by atoms with Crippen LogP contribution in [0.4, 0.5) is 0 Å². The van der Waals surface area contributed by atoms with E-state index in [1.165, 1.54) is 10.5 Å². The van der Waals surface area contributed by atoms with Crippen LogP contribution >= 0.6 is 0 Å². The molecule has 0 radical (unpaired) electrons. The minimum atomic E-state index is -0.464. The second-order valence-corrected chi connectivity index (χ2v) is 8.72. The number of fused-ring (bicyclic) bond motifs is 2. The van der Waals surface area contributed by atoms with Gasteiger partial charge in [0.05, 0.1) is 17.1 Å². The van der Waals surface area contributed by atoms with Crippen molar-refractivity contribution < 1.29 is 9.53 Å². The van der Waals surface area contributed by atoms with Crippen molar-refractivity contribution in [1.29, 1.82) is 5.26 Å². The SMILES string of the molecule is Cc1ccc(C(=O)N=c2c(C#N)cc3c(=O)n4ccccc4nc3n2CCCOC(C)C)cc1C. The lowest BCUT2D eigenvalue weighted by Gasteiger charge is -2.14. The lowest BCUT2D eigenvalue weighted by Crippen LogP contribution is -2.30. The lowest BCUT2D eigenvalue weighted by atomic mass is 10.1.